The molecule has 0 saturated carbocycles. The van der Waals surface area contributed by atoms with Gasteiger partial charge in [0.05, 0.1) is 33.0 Å². The van der Waals surface area contributed by atoms with Crippen LogP contribution >= 0.6 is 0 Å². The van der Waals surface area contributed by atoms with Crippen LogP contribution in [-0.4, -0.2) is 77.2 Å². The first-order valence-corrected chi connectivity index (χ1v) is 11.6. The Morgan fingerprint density at radius 1 is 1.13 bits per heavy atom. The maximum absolute atomic E-state index is 6.14. The van der Waals surface area contributed by atoms with Gasteiger partial charge in [-0.15, -0.1) is 0 Å². The SMILES string of the molecule is CN=C(NCCCc1ccc(OC)c(OC)c1)N1CCC(OCC2CCCCO2)CC1. The quantitative estimate of drug-likeness (QED) is 0.366. The summed E-state index contributed by atoms with van der Waals surface area (Å²) in [6.07, 6.45) is 8.31. The van der Waals surface area contributed by atoms with Gasteiger partial charge in [-0.25, -0.2) is 0 Å². The van der Waals surface area contributed by atoms with E-state index in [1.165, 1.54) is 18.4 Å². The van der Waals surface area contributed by atoms with Crippen LogP contribution in [0.5, 0.6) is 11.5 Å². The maximum Gasteiger partial charge on any atom is 0.193 e. The molecule has 0 amide bonds. The molecule has 2 fully saturated rings. The molecule has 7 nitrogen and oxygen atoms in total. The van der Waals surface area contributed by atoms with Crippen molar-refractivity contribution in [2.45, 2.75) is 57.2 Å². The summed E-state index contributed by atoms with van der Waals surface area (Å²) in [7, 11) is 5.19. The van der Waals surface area contributed by atoms with E-state index in [1.807, 2.05) is 13.1 Å². The Bertz CT molecular complexity index is 683. The summed E-state index contributed by atoms with van der Waals surface area (Å²) in [5, 5.41) is 3.52. The van der Waals surface area contributed by atoms with Gasteiger partial charge in [-0.3, -0.25) is 4.99 Å². The van der Waals surface area contributed by atoms with Crippen LogP contribution in [0.1, 0.15) is 44.1 Å². The molecular formula is C24H39N3O4. The van der Waals surface area contributed by atoms with Gasteiger partial charge < -0.3 is 29.2 Å². The Balaban J connectivity index is 1.34. The van der Waals surface area contributed by atoms with E-state index in [0.29, 0.717) is 12.2 Å². The average molecular weight is 434 g/mol. The van der Waals surface area contributed by atoms with Crippen LogP contribution in [-0.2, 0) is 15.9 Å². The standard InChI is InChI=1S/C24H39N3O4/c1-25-24(26-13-6-7-19-9-10-22(28-2)23(17-19)29-3)27-14-11-20(12-15-27)31-18-21-8-4-5-16-30-21/h9-10,17,20-21H,4-8,11-16,18H2,1-3H3,(H,25,26). The zero-order chi connectivity index (χ0) is 21.9. The lowest BCUT2D eigenvalue weighted by atomic mass is 10.1. The number of rotatable bonds is 9. The van der Waals surface area contributed by atoms with Crippen LogP contribution in [0.25, 0.3) is 0 Å². The van der Waals surface area contributed by atoms with Gasteiger partial charge in [0, 0.05) is 33.3 Å². The molecule has 0 spiro atoms. The second-order valence-corrected chi connectivity index (χ2v) is 8.28. The Hall–Kier alpha value is -1.99. The number of ether oxygens (including phenoxy) is 4. The highest BCUT2D eigenvalue weighted by molar-refractivity contribution is 5.79. The summed E-state index contributed by atoms with van der Waals surface area (Å²) in [5.41, 5.74) is 1.24. The van der Waals surface area contributed by atoms with Gasteiger partial charge in [0.15, 0.2) is 17.5 Å². The van der Waals surface area contributed by atoms with E-state index in [0.717, 1.165) is 82.4 Å². The molecule has 1 aromatic rings. The molecule has 2 aliphatic heterocycles. The molecule has 1 atom stereocenters. The minimum Gasteiger partial charge on any atom is -0.493 e. The van der Waals surface area contributed by atoms with Crippen molar-refractivity contribution in [2.24, 2.45) is 4.99 Å². The fraction of sp³-hybridized carbons (Fsp3) is 0.708. The van der Waals surface area contributed by atoms with E-state index in [4.69, 9.17) is 18.9 Å². The number of hydrogen-bond acceptors (Lipinski definition) is 5. The van der Waals surface area contributed by atoms with Crippen molar-refractivity contribution in [1.29, 1.82) is 0 Å². The fourth-order valence-electron chi connectivity index (χ4n) is 4.28. The Morgan fingerprint density at radius 3 is 2.61 bits per heavy atom. The lowest BCUT2D eigenvalue weighted by Gasteiger charge is -2.35. The van der Waals surface area contributed by atoms with Crippen molar-refractivity contribution >= 4 is 5.96 Å². The van der Waals surface area contributed by atoms with E-state index >= 15 is 0 Å². The van der Waals surface area contributed by atoms with E-state index in [-0.39, 0.29) is 0 Å². The largest absolute Gasteiger partial charge is 0.493 e. The first-order chi connectivity index (χ1) is 15.2. The Labute approximate surface area is 187 Å². The van der Waals surface area contributed by atoms with Crippen molar-refractivity contribution < 1.29 is 18.9 Å². The molecule has 2 saturated heterocycles. The maximum atomic E-state index is 6.14. The highest BCUT2D eigenvalue weighted by atomic mass is 16.5. The van der Waals surface area contributed by atoms with E-state index in [9.17, 15) is 0 Å². The molecule has 2 aliphatic rings. The number of nitrogens with one attached hydrogen (secondary N) is 1. The highest BCUT2D eigenvalue weighted by Gasteiger charge is 2.23. The number of piperidine rings is 1. The summed E-state index contributed by atoms with van der Waals surface area (Å²) in [4.78, 5) is 6.83. The van der Waals surface area contributed by atoms with Gasteiger partial charge in [-0.05, 0) is 62.6 Å². The summed E-state index contributed by atoms with van der Waals surface area (Å²) in [6.45, 7) is 4.47. The normalized spacial score (nSPS) is 20.5. The van der Waals surface area contributed by atoms with Gasteiger partial charge in [0.25, 0.3) is 0 Å². The molecular weight excluding hydrogens is 394 g/mol. The van der Waals surface area contributed by atoms with E-state index in [1.54, 1.807) is 14.2 Å². The van der Waals surface area contributed by atoms with Gasteiger partial charge in [0.2, 0.25) is 0 Å². The van der Waals surface area contributed by atoms with Crippen LogP contribution in [0.15, 0.2) is 23.2 Å². The Morgan fingerprint density at radius 2 is 1.94 bits per heavy atom. The first-order valence-electron chi connectivity index (χ1n) is 11.6. The summed E-state index contributed by atoms with van der Waals surface area (Å²) < 4.78 is 22.6. The lowest BCUT2D eigenvalue weighted by molar-refractivity contribution is -0.0721. The van der Waals surface area contributed by atoms with Crippen LogP contribution in [0.2, 0.25) is 0 Å². The minimum absolute atomic E-state index is 0.298. The highest BCUT2D eigenvalue weighted by Crippen LogP contribution is 2.28. The number of aliphatic imine (C=N–C) groups is 1. The van der Waals surface area contributed by atoms with Gasteiger partial charge in [-0.2, -0.15) is 0 Å². The molecule has 1 unspecified atom stereocenters. The third kappa shape index (κ3) is 7.28. The fourth-order valence-corrected chi connectivity index (χ4v) is 4.28. The molecule has 2 heterocycles. The molecule has 1 aromatic carbocycles. The monoisotopic (exact) mass is 433 g/mol. The number of benzene rings is 1. The predicted molar refractivity (Wildman–Crippen MR) is 123 cm³/mol. The number of likely N-dealkylation sites (tertiary alicyclic amines) is 1. The third-order valence-electron chi connectivity index (χ3n) is 6.12. The topological polar surface area (TPSA) is 64.6 Å². The molecule has 7 heteroatoms. The van der Waals surface area contributed by atoms with Crippen molar-refractivity contribution in [3.63, 3.8) is 0 Å². The van der Waals surface area contributed by atoms with E-state index in [2.05, 4.69) is 27.3 Å². The molecule has 3 rings (SSSR count). The molecule has 0 aromatic heterocycles. The first kappa shape index (κ1) is 23.7. The molecule has 0 radical (unpaired) electrons. The van der Waals surface area contributed by atoms with Crippen molar-refractivity contribution in [3.05, 3.63) is 23.8 Å². The third-order valence-corrected chi connectivity index (χ3v) is 6.12. The molecule has 0 bridgehead atoms. The number of nitrogens with zero attached hydrogens (tertiary/aromatic N) is 2. The van der Waals surface area contributed by atoms with Gasteiger partial charge in [0.1, 0.15) is 0 Å². The zero-order valence-electron chi connectivity index (χ0n) is 19.4. The number of aryl methyl sites for hydroxylation is 1. The second kappa shape index (κ2) is 12.8. The minimum atomic E-state index is 0.298. The molecule has 0 aliphatic carbocycles. The second-order valence-electron chi connectivity index (χ2n) is 8.28. The van der Waals surface area contributed by atoms with Gasteiger partial charge >= 0.3 is 0 Å². The van der Waals surface area contributed by atoms with Crippen LogP contribution in [0.4, 0.5) is 0 Å². The Kier molecular flexibility index (Phi) is 9.75. The number of hydrogen-bond donors (Lipinski definition) is 1. The molecule has 31 heavy (non-hydrogen) atoms. The molecule has 1 N–H and O–H groups in total. The van der Waals surface area contributed by atoms with Crippen molar-refractivity contribution in [3.8, 4) is 11.5 Å². The summed E-state index contributed by atoms with van der Waals surface area (Å²) >= 11 is 0. The van der Waals surface area contributed by atoms with Crippen molar-refractivity contribution in [1.82, 2.24) is 10.2 Å². The number of guanidine groups is 1. The van der Waals surface area contributed by atoms with Crippen LogP contribution < -0.4 is 14.8 Å². The summed E-state index contributed by atoms with van der Waals surface area (Å²) in [6, 6.07) is 6.11. The lowest BCUT2D eigenvalue weighted by Crippen LogP contribution is -2.47. The van der Waals surface area contributed by atoms with Gasteiger partial charge in [-0.1, -0.05) is 6.07 Å². The van der Waals surface area contributed by atoms with Crippen molar-refractivity contribution in [2.75, 3.05) is 54.1 Å². The predicted octanol–water partition coefficient (Wildman–Crippen LogP) is 3.26. The molecule has 174 valence electrons. The van der Waals surface area contributed by atoms with Crippen LogP contribution in [0, 0.1) is 0 Å². The van der Waals surface area contributed by atoms with Crippen LogP contribution in [0.3, 0.4) is 0 Å². The zero-order valence-corrected chi connectivity index (χ0v) is 19.4. The average Bonchev–Trinajstić information content (AvgIpc) is 2.83. The number of methoxy groups -OCH3 is 2. The summed E-state index contributed by atoms with van der Waals surface area (Å²) in [5.74, 6) is 2.54. The smallest absolute Gasteiger partial charge is 0.193 e. The van der Waals surface area contributed by atoms with E-state index < -0.39 is 0 Å².